The van der Waals surface area contributed by atoms with Gasteiger partial charge in [0, 0.05) is 20.5 Å². The van der Waals surface area contributed by atoms with E-state index in [9.17, 15) is 0 Å². The maximum atomic E-state index is 6.11. The summed E-state index contributed by atoms with van der Waals surface area (Å²) in [7, 11) is 0. The first-order chi connectivity index (χ1) is 8.06. The van der Waals surface area contributed by atoms with Gasteiger partial charge in [-0.3, -0.25) is 0 Å². The summed E-state index contributed by atoms with van der Waals surface area (Å²) in [6.45, 7) is 2.01. The molecule has 0 radical (unpaired) electrons. The molecule has 0 aromatic heterocycles. The van der Waals surface area contributed by atoms with E-state index in [-0.39, 0.29) is 0 Å². The number of halogens is 2. The smallest absolute Gasteiger partial charge is 0.0546 e. The molecule has 1 nitrogen and oxygen atoms in total. The Morgan fingerprint density at radius 3 is 2.47 bits per heavy atom. The van der Waals surface area contributed by atoms with E-state index >= 15 is 0 Å². The number of hydrogen-bond acceptors (Lipinski definition) is 2. The van der Waals surface area contributed by atoms with Crippen LogP contribution in [0.4, 0.5) is 5.69 Å². The van der Waals surface area contributed by atoms with E-state index in [4.69, 9.17) is 28.9 Å². The lowest BCUT2D eigenvalue weighted by molar-refractivity contribution is 1.36. The van der Waals surface area contributed by atoms with Gasteiger partial charge in [-0.15, -0.1) is 0 Å². The lowest BCUT2D eigenvalue weighted by Gasteiger charge is -2.08. The zero-order chi connectivity index (χ0) is 12.4. The summed E-state index contributed by atoms with van der Waals surface area (Å²) in [5, 5.41) is 1.35. The fourth-order valence-electron chi connectivity index (χ4n) is 1.43. The molecule has 0 aliphatic carbocycles. The third-order valence-corrected chi connectivity index (χ3v) is 4.10. The Labute approximate surface area is 115 Å². The number of nitrogens with two attached hydrogens (primary N) is 1. The van der Waals surface area contributed by atoms with Crippen molar-refractivity contribution in [3.8, 4) is 0 Å². The molecule has 0 spiro atoms. The van der Waals surface area contributed by atoms with Crippen LogP contribution in [-0.2, 0) is 0 Å². The van der Waals surface area contributed by atoms with Crippen molar-refractivity contribution in [2.24, 2.45) is 0 Å². The van der Waals surface area contributed by atoms with E-state index in [0.717, 1.165) is 21.0 Å². The Morgan fingerprint density at radius 2 is 1.76 bits per heavy atom. The molecule has 2 rings (SSSR count). The summed E-state index contributed by atoms with van der Waals surface area (Å²) in [4.78, 5) is 1.90. The highest BCUT2D eigenvalue weighted by molar-refractivity contribution is 7.99. The molecular formula is C13H11Cl2NS. The van der Waals surface area contributed by atoms with Gasteiger partial charge in [0.2, 0.25) is 0 Å². The van der Waals surface area contributed by atoms with Gasteiger partial charge < -0.3 is 5.73 Å². The molecule has 17 heavy (non-hydrogen) atoms. The number of anilines is 1. The normalized spacial score (nSPS) is 10.5. The first-order valence-corrected chi connectivity index (χ1v) is 6.62. The van der Waals surface area contributed by atoms with Crippen LogP contribution in [0.2, 0.25) is 10.0 Å². The topological polar surface area (TPSA) is 26.0 Å². The minimum atomic E-state index is 0.669. The summed E-state index contributed by atoms with van der Waals surface area (Å²) < 4.78 is 0. The maximum Gasteiger partial charge on any atom is 0.0546 e. The predicted molar refractivity (Wildman–Crippen MR) is 76.2 cm³/mol. The molecular weight excluding hydrogens is 273 g/mol. The molecule has 0 unspecified atom stereocenters. The Balaban J connectivity index is 2.34. The number of hydrogen-bond donors (Lipinski definition) is 1. The summed E-state index contributed by atoms with van der Waals surface area (Å²) in [6.07, 6.45) is 0. The summed E-state index contributed by atoms with van der Waals surface area (Å²) >= 11 is 13.6. The molecule has 0 amide bonds. The van der Waals surface area contributed by atoms with Gasteiger partial charge in [0.1, 0.15) is 0 Å². The number of nitrogen functional groups attached to an aromatic ring is 1. The van der Waals surface area contributed by atoms with Gasteiger partial charge in [0.25, 0.3) is 0 Å². The van der Waals surface area contributed by atoms with Gasteiger partial charge in [-0.05, 0) is 42.8 Å². The van der Waals surface area contributed by atoms with Crippen molar-refractivity contribution in [2.45, 2.75) is 16.7 Å². The van der Waals surface area contributed by atoms with Crippen LogP contribution in [0.15, 0.2) is 46.2 Å². The summed E-state index contributed by atoms with van der Waals surface area (Å²) in [5.41, 5.74) is 7.86. The average molecular weight is 284 g/mol. The summed E-state index contributed by atoms with van der Waals surface area (Å²) in [6, 6.07) is 11.4. The highest BCUT2D eigenvalue weighted by Gasteiger charge is 2.06. The van der Waals surface area contributed by atoms with E-state index in [1.54, 1.807) is 12.1 Å². The van der Waals surface area contributed by atoms with Crippen LogP contribution in [0.3, 0.4) is 0 Å². The first kappa shape index (κ1) is 12.6. The third kappa shape index (κ3) is 3.09. The van der Waals surface area contributed by atoms with Gasteiger partial charge in [0.05, 0.1) is 5.02 Å². The predicted octanol–water partition coefficient (Wildman–Crippen LogP) is 5.04. The minimum Gasteiger partial charge on any atom is -0.398 e. The van der Waals surface area contributed by atoms with E-state index in [1.807, 2.05) is 31.2 Å². The SMILES string of the molecule is Cc1ccc(Sc2cc(Cl)ccc2Cl)c(N)c1. The van der Waals surface area contributed by atoms with Crippen LogP contribution >= 0.6 is 35.0 Å². The average Bonchev–Trinajstić information content (AvgIpc) is 2.27. The Hall–Kier alpha value is -0.830. The van der Waals surface area contributed by atoms with Gasteiger partial charge in [0.15, 0.2) is 0 Å². The third-order valence-electron chi connectivity index (χ3n) is 2.28. The van der Waals surface area contributed by atoms with E-state index in [0.29, 0.717) is 10.0 Å². The van der Waals surface area contributed by atoms with Gasteiger partial charge >= 0.3 is 0 Å². The largest absolute Gasteiger partial charge is 0.398 e. The molecule has 0 aliphatic heterocycles. The molecule has 0 saturated heterocycles. The van der Waals surface area contributed by atoms with Crippen molar-refractivity contribution in [1.29, 1.82) is 0 Å². The lowest BCUT2D eigenvalue weighted by atomic mass is 10.2. The first-order valence-electron chi connectivity index (χ1n) is 5.05. The van der Waals surface area contributed by atoms with Gasteiger partial charge in [-0.25, -0.2) is 0 Å². The van der Waals surface area contributed by atoms with Crippen LogP contribution in [0.1, 0.15) is 5.56 Å². The molecule has 0 aliphatic rings. The molecule has 0 saturated carbocycles. The highest BCUT2D eigenvalue weighted by Crippen LogP contribution is 2.37. The number of rotatable bonds is 2. The van der Waals surface area contributed by atoms with Crippen LogP contribution in [0, 0.1) is 6.92 Å². The maximum absolute atomic E-state index is 6.11. The van der Waals surface area contributed by atoms with Crippen molar-refractivity contribution in [1.82, 2.24) is 0 Å². The van der Waals surface area contributed by atoms with Crippen molar-refractivity contribution < 1.29 is 0 Å². The monoisotopic (exact) mass is 283 g/mol. The second-order valence-electron chi connectivity index (χ2n) is 3.72. The molecule has 0 fully saturated rings. The fraction of sp³-hybridized carbons (Fsp3) is 0.0769. The second kappa shape index (κ2) is 5.21. The van der Waals surface area contributed by atoms with Gasteiger partial charge in [-0.2, -0.15) is 0 Å². The Morgan fingerprint density at radius 1 is 1.00 bits per heavy atom. The van der Waals surface area contributed by atoms with E-state index < -0.39 is 0 Å². The molecule has 0 atom stereocenters. The quantitative estimate of drug-likeness (QED) is 0.782. The zero-order valence-corrected chi connectivity index (χ0v) is 11.5. The van der Waals surface area contributed by atoms with E-state index in [2.05, 4.69) is 0 Å². The van der Waals surface area contributed by atoms with Crippen LogP contribution in [-0.4, -0.2) is 0 Å². The van der Waals surface area contributed by atoms with Crippen molar-refractivity contribution >= 4 is 40.7 Å². The standard InChI is InChI=1S/C13H11Cl2NS/c1-8-2-5-12(11(16)6-8)17-13-7-9(14)3-4-10(13)15/h2-7H,16H2,1H3. The molecule has 2 aromatic rings. The highest BCUT2D eigenvalue weighted by atomic mass is 35.5. The van der Waals surface area contributed by atoms with Crippen molar-refractivity contribution in [3.05, 3.63) is 52.0 Å². The fourth-order valence-corrected chi connectivity index (χ4v) is 2.81. The summed E-state index contributed by atoms with van der Waals surface area (Å²) in [5.74, 6) is 0. The molecule has 0 heterocycles. The molecule has 2 N–H and O–H groups in total. The van der Waals surface area contributed by atoms with Crippen LogP contribution < -0.4 is 5.73 Å². The zero-order valence-electron chi connectivity index (χ0n) is 9.21. The lowest BCUT2D eigenvalue weighted by Crippen LogP contribution is -1.89. The van der Waals surface area contributed by atoms with Crippen LogP contribution in [0.5, 0.6) is 0 Å². The number of aryl methyl sites for hydroxylation is 1. The second-order valence-corrected chi connectivity index (χ2v) is 5.65. The Bertz CT molecular complexity index is 555. The minimum absolute atomic E-state index is 0.669. The Kier molecular flexibility index (Phi) is 3.87. The van der Waals surface area contributed by atoms with Crippen molar-refractivity contribution in [3.63, 3.8) is 0 Å². The molecule has 2 aromatic carbocycles. The van der Waals surface area contributed by atoms with Crippen LogP contribution in [0.25, 0.3) is 0 Å². The number of benzene rings is 2. The van der Waals surface area contributed by atoms with Crippen molar-refractivity contribution in [2.75, 3.05) is 5.73 Å². The van der Waals surface area contributed by atoms with E-state index in [1.165, 1.54) is 11.8 Å². The van der Waals surface area contributed by atoms with Gasteiger partial charge in [-0.1, -0.05) is 41.0 Å². The molecule has 88 valence electrons. The molecule has 4 heteroatoms. The molecule has 0 bridgehead atoms.